The first-order valence-electron chi connectivity index (χ1n) is 6.46. The van der Waals surface area contributed by atoms with Crippen molar-refractivity contribution >= 4 is 11.1 Å². The van der Waals surface area contributed by atoms with Gasteiger partial charge >= 0.3 is 0 Å². The monoisotopic (exact) mass is 264 g/mol. The molecule has 1 unspecified atom stereocenters. The second-order valence-corrected chi connectivity index (χ2v) is 4.89. The van der Waals surface area contributed by atoms with E-state index < -0.39 is 6.10 Å². The molecule has 1 aromatic heterocycles. The fourth-order valence-electron chi connectivity index (χ4n) is 1.73. The predicted octanol–water partition coefficient (Wildman–Crippen LogP) is 1.87. The van der Waals surface area contributed by atoms with Crippen LogP contribution in [0, 0.1) is 6.92 Å². The quantitative estimate of drug-likeness (QED) is 0.833. The largest absolute Gasteiger partial charge is 0.491 e. The van der Waals surface area contributed by atoms with Gasteiger partial charge in [-0.05, 0) is 12.1 Å². The molecule has 0 radical (unpaired) electrons. The molecule has 0 amide bonds. The zero-order chi connectivity index (χ0) is 13.8. The van der Waals surface area contributed by atoms with Crippen LogP contribution in [0.3, 0.4) is 0 Å². The van der Waals surface area contributed by atoms with Crippen molar-refractivity contribution in [3.63, 3.8) is 0 Å². The highest BCUT2D eigenvalue weighted by molar-refractivity contribution is 5.74. The Bertz CT molecular complexity index is 536. The van der Waals surface area contributed by atoms with Crippen molar-refractivity contribution < 1.29 is 14.3 Å². The maximum Gasteiger partial charge on any atom is 0.192 e. The zero-order valence-corrected chi connectivity index (χ0v) is 11.5. The first-order chi connectivity index (χ1) is 9.04. The Labute approximate surface area is 112 Å². The van der Waals surface area contributed by atoms with E-state index in [0.29, 0.717) is 29.8 Å². The summed E-state index contributed by atoms with van der Waals surface area (Å²) < 4.78 is 11.0. The Morgan fingerprint density at radius 3 is 2.95 bits per heavy atom. The predicted molar refractivity (Wildman–Crippen MR) is 73.4 cm³/mol. The van der Waals surface area contributed by atoms with Crippen LogP contribution in [0.4, 0.5) is 0 Å². The third kappa shape index (κ3) is 3.94. The van der Waals surface area contributed by atoms with Crippen LogP contribution in [-0.4, -0.2) is 35.4 Å². The molecule has 0 saturated carbocycles. The zero-order valence-electron chi connectivity index (χ0n) is 11.5. The van der Waals surface area contributed by atoms with E-state index in [0.717, 1.165) is 5.52 Å². The van der Waals surface area contributed by atoms with Crippen molar-refractivity contribution in [2.24, 2.45) is 0 Å². The third-order valence-corrected chi connectivity index (χ3v) is 2.67. The molecular formula is C14H20N2O3. The Morgan fingerprint density at radius 2 is 2.21 bits per heavy atom. The van der Waals surface area contributed by atoms with Crippen LogP contribution in [-0.2, 0) is 0 Å². The maximum absolute atomic E-state index is 9.75. The number of rotatable bonds is 6. The average molecular weight is 264 g/mol. The van der Waals surface area contributed by atoms with Crippen molar-refractivity contribution in [3.05, 3.63) is 24.1 Å². The topological polar surface area (TPSA) is 67.5 Å². The summed E-state index contributed by atoms with van der Waals surface area (Å²) >= 11 is 0. The molecule has 2 N–H and O–H groups in total. The lowest BCUT2D eigenvalue weighted by molar-refractivity contribution is 0.104. The molecule has 0 aliphatic carbocycles. The number of oxazole rings is 1. The van der Waals surface area contributed by atoms with Crippen LogP contribution >= 0.6 is 0 Å². The molecule has 0 fully saturated rings. The fraction of sp³-hybridized carbons (Fsp3) is 0.500. The minimum absolute atomic E-state index is 0.248. The summed E-state index contributed by atoms with van der Waals surface area (Å²) in [5.41, 5.74) is 1.51. The summed E-state index contributed by atoms with van der Waals surface area (Å²) in [5.74, 6) is 1.31. The van der Waals surface area contributed by atoms with Crippen molar-refractivity contribution in [2.45, 2.75) is 32.9 Å². The summed E-state index contributed by atoms with van der Waals surface area (Å²) in [6.07, 6.45) is -0.533. The van der Waals surface area contributed by atoms with Gasteiger partial charge in [0.2, 0.25) is 0 Å². The molecule has 0 saturated heterocycles. The van der Waals surface area contributed by atoms with Crippen LogP contribution in [0.25, 0.3) is 11.1 Å². The van der Waals surface area contributed by atoms with Crippen molar-refractivity contribution in [3.8, 4) is 5.75 Å². The van der Waals surface area contributed by atoms with Gasteiger partial charge in [-0.25, -0.2) is 4.98 Å². The fourth-order valence-corrected chi connectivity index (χ4v) is 1.73. The molecule has 0 spiro atoms. The lowest BCUT2D eigenvalue weighted by Gasteiger charge is -2.14. The Kier molecular flexibility index (Phi) is 4.39. The van der Waals surface area contributed by atoms with Gasteiger partial charge in [0.1, 0.15) is 24.0 Å². The Morgan fingerprint density at radius 1 is 1.42 bits per heavy atom. The van der Waals surface area contributed by atoms with Gasteiger partial charge in [-0.3, -0.25) is 0 Å². The summed E-state index contributed by atoms with van der Waals surface area (Å²) in [6.45, 7) is 6.64. The van der Waals surface area contributed by atoms with E-state index in [1.54, 1.807) is 6.07 Å². The molecule has 5 heteroatoms. The number of aliphatic hydroxyl groups is 1. The summed E-state index contributed by atoms with van der Waals surface area (Å²) in [6, 6.07) is 5.81. The van der Waals surface area contributed by atoms with Crippen molar-refractivity contribution in [1.29, 1.82) is 0 Å². The standard InChI is InChI=1S/C14H20N2O3/c1-9(2)15-7-11(17)8-18-12-4-5-13-14(6-12)19-10(3)16-13/h4-6,9,11,15,17H,7-8H2,1-3H3. The van der Waals surface area contributed by atoms with E-state index in [9.17, 15) is 5.11 Å². The van der Waals surface area contributed by atoms with E-state index in [1.807, 2.05) is 32.9 Å². The van der Waals surface area contributed by atoms with Crippen LogP contribution in [0.15, 0.2) is 22.6 Å². The van der Waals surface area contributed by atoms with Gasteiger partial charge < -0.3 is 19.6 Å². The van der Waals surface area contributed by atoms with E-state index in [4.69, 9.17) is 9.15 Å². The van der Waals surface area contributed by atoms with Gasteiger partial charge in [0.05, 0.1) is 0 Å². The SMILES string of the molecule is Cc1nc2ccc(OCC(O)CNC(C)C)cc2o1. The van der Waals surface area contributed by atoms with Crippen molar-refractivity contribution in [1.82, 2.24) is 10.3 Å². The van der Waals surface area contributed by atoms with Crippen LogP contribution in [0.1, 0.15) is 19.7 Å². The molecule has 0 aliphatic heterocycles. The lowest BCUT2D eigenvalue weighted by Crippen LogP contribution is -2.35. The Hall–Kier alpha value is -1.59. The number of aromatic nitrogens is 1. The number of hydrogen-bond acceptors (Lipinski definition) is 5. The molecule has 2 rings (SSSR count). The van der Waals surface area contributed by atoms with Crippen molar-refractivity contribution in [2.75, 3.05) is 13.2 Å². The molecule has 1 atom stereocenters. The third-order valence-electron chi connectivity index (χ3n) is 2.67. The molecular weight excluding hydrogens is 244 g/mol. The van der Waals surface area contributed by atoms with Crippen LogP contribution in [0.2, 0.25) is 0 Å². The summed E-state index contributed by atoms with van der Waals surface area (Å²) in [7, 11) is 0. The highest BCUT2D eigenvalue weighted by Gasteiger charge is 2.08. The highest BCUT2D eigenvalue weighted by Crippen LogP contribution is 2.21. The van der Waals surface area contributed by atoms with Gasteiger partial charge in [-0.2, -0.15) is 0 Å². The molecule has 2 aromatic rings. The number of benzene rings is 1. The van der Waals surface area contributed by atoms with Crippen LogP contribution in [0.5, 0.6) is 5.75 Å². The van der Waals surface area contributed by atoms with Gasteiger partial charge in [-0.1, -0.05) is 13.8 Å². The summed E-state index contributed by atoms with van der Waals surface area (Å²) in [4.78, 5) is 4.22. The molecule has 1 aromatic carbocycles. The van der Waals surface area contributed by atoms with E-state index in [2.05, 4.69) is 10.3 Å². The number of fused-ring (bicyclic) bond motifs is 1. The number of aliphatic hydroxyl groups excluding tert-OH is 1. The molecule has 19 heavy (non-hydrogen) atoms. The van der Waals surface area contributed by atoms with Gasteiger partial charge in [0.25, 0.3) is 0 Å². The minimum atomic E-state index is -0.533. The number of nitrogens with one attached hydrogen (secondary N) is 1. The van der Waals surface area contributed by atoms with Gasteiger partial charge in [-0.15, -0.1) is 0 Å². The number of hydrogen-bond donors (Lipinski definition) is 2. The second-order valence-electron chi connectivity index (χ2n) is 4.89. The number of nitrogens with zero attached hydrogens (tertiary/aromatic N) is 1. The minimum Gasteiger partial charge on any atom is -0.491 e. The Balaban J connectivity index is 1.90. The molecule has 0 bridgehead atoms. The van der Waals surface area contributed by atoms with Gasteiger partial charge in [0, 0.05) is 25.6 Å². The molecule has 1 heterocycles. The normalized spacial score (nSPS) is 13.1. The average Bonchev–Trinajstić information content (AvgIpc) is 2.73. The van der Waals surface area contributed by atoms with E-state index in [1.165, 1.54) is 0 Å². The van der Waals surface area contributed by atoms with E-state index >= 15 is 0 Å². The molecule has 5 nitrogen and oxygen atoms in total. The highest BCUT2D eigenvalue weighted by atomic mass is 16.5. The maximum atomic E-state index is 9.75. The summed E-state index contributed by atoms with van der Waals surface area (Å²) in [5, 5.41) is 12.9. The second kappa shape index (κ2) is 6.04. The number of aryl methyl sites for hydroxylation is 1. The first-order valence-corrected chi connectivity index (χ1v) is 6.46. The van der Waals surface area contributed by atoms with Gasteiger partial charge in [0.15, 0.2) is 11.5 Å². The molecule has 0 aliphatic rings. The first kappa shape index (κ1) is 13.8. The number of ether oxygens (including phenoxy) is 1. The van der Waals surface area contributed by atoms with Crippen LogP contribution < -0.4 is 10.1 Å². The van der Waals surface area contributed by atoms with E-state index in [-0.39, 0.29) is 6.61 Å². The smallest absolute Gasteiger partial charge is 0.192 e. The lowest BCUT2D eigenvalue weighted by atomic mass is 10.3. The molecule has 104 valence electrons.